The van der Waals surface area contributed by atoms with Crippen LogP contribution in [-0.4, -0.2) is 28.7 Å². The number of rotatable bonds is 7. The second kappa shape index (κ2) is 8.35. The Labute approximate surface area is 161 Å². The van der Waals surface area contributed by atoms with E-state index in [9.17, 15) is 9.59 Å². The molecule has 7 heteroatoms. The number of esters is 1. The van der Waals surface area contributed by atoms with E-state index in [4.69, 9.17) is 9.47 Å². The van der Waals surface area contributed by atoms with Crippen LogP contribution in [0.1, 0.15) is 34.1 Å². The number of ether oxygens (including phenoxy) is 2. The third-order valence-corrected chi connectivity index (χ3v) is 5.39. The summed E-state index contributed by atoms with van der Waals surface area (Å²) in [5, 5.41) is 0.491. The number of hydrogen-bond donors (Lipinski definition) is 0. The van der Waals surface area contributed by atoms with Gasteiger partial charge in [-0.3, -0.25) is 9.36 Å². The average molecular weight is 386 g/mol. The van der Waals surface area contributed by atoms with Crippen LogP contribution in [-0.2, 0) is 11.3 Å². The summed E-state index contributed by atoms with van der Waals surface area (Å²) >= 11 is 1.20. The molecule has 1 aromatic carbocycles. The highest BCUT2D eigenvalue weighted by Gasteiger charge is 2.20. The summed E-state index contributed by atoms with van der Waals surface area (Å²) in [5.41, 5.74) is 1.68. The van der Waals surface area contributed by atoms with Crippen molar-refractivity contribution in [1.82, 2.24) is 9.55 Å². The van der Waals surface area contributed by atoms with E-state index in [0.29, 0.717) is 46.8 Å². The quantitative estimate of drug-likeness (QED) is 0.457. The maximum atomic E-state index is 12.8. The first-order valence-corrected chi connectivity index (χ1v) is 9.68. The first-order chi connectivity index (χ1) is 13.0. The summed E-state index contributed by atoms with van der Waals surface area (Å²) in [4.78, 5) is 30.2. The molecule has 2 heterocycles. The molecule has 0 bridgehead atoms. The van der Waals surface area contributed by atoms with Gasteiger partial charge in [0.2, 0.25) is 0 Å². The molecule has 0 fully saturated rings. The minimum Gasteiger partial charge on any atom is -0.494 e. The summed E-state index contributed by atoms with van der Waals surface area (Å²) in [5.74, 6) is 0.407. The first kappa shape index (κ1) is 19.1. The molecule has 0 saturated carbocycles. The average Bonchev–Trinajstić information content (AvgIpc) is 2.99. The van der Waals surface area contributed by atoms with Crippen molar-refractivity contribution >= 4 is 27.5 Å². The van der Waals surface area contributed by atoms with Crippen molar-refractivity contribution in [2.75, 3.05) is 13.2 Å². The van der Waals surface area contributed by atoms with Gasteiger partial charge in [0.25, 0.3) is 5.56 Å². The van der Waals surface area contributed by atoms with E-state index in [1.807, 2.05) is 31.2 Å². The fourth-order valence-electron chi connectivity index (χ4n) is 2.77. The Bertz CT molecular complexity index is 1010. The van der Waals surface area contributed by atoms with E-state index in [1.54, 1.807) is 18.4 Å². The molecule has 3 aromatic rings. The lowest BCUT2D eigenvalue weighted by Gasteiger charge is -2.08. The highest BCUT2D eigenvalue weighted by atomic mass is 32.1. The van der Waals surface area contributed by atoms with Crippen LogP contribution in [0.2, 0.25) is 0 Å². The molecule has 0 spiro atoms. The van der Waals surface area contributed by atoms with Crippen LogP contribution >= 0.6 is 11.3 Å². The van der Waals surface area contributed by atoms with E-state index >= 15 is 0 Å². The smallest absolute Gasteiger partial charge is 0.348 e. The first-order valence-electron chi connectivity index (χ1n) is 8.86. The van der Waals surface area contributed by atoms with Gasteiger partial charge in [0.15, 0.2) is 0 Å². The normalized spacial score (nSPS) is 10.9. The Kier molecular flexibility index (Phi) is 5.91. The van der Waals surface area contributed by atoms with E-state index in [0.717, 1.165) is 5.75 Å². The zero-order chi connectivity index (χ0) is 19.4. The molecule has 0 radical (unpaired) electrons. The number of aromatic nitrogens is 2. The molecule has 2 aromatic heterocycles. The van der Waals surface area contributed by atoms with Gasteiger partial charge in [-0.1, -0.05) is 17.7 Å². The Balaban J connectivity index is 1.71. The van der Waals surface area contributed by atoms with Crippen LogP contribution in [0.25, 0.3) is 10.2 Å². The number of thiophene rings is 1. The molecule has 3 rings (SSSR count). The number of fused-ring (bicyclic) bond motifs is 1. The molecule has 142 valence electrons. The fraction of sp³-hybridized carbons (Fsp3) is 0.350. The maximum Gasteiger partial charge on any atom is 0.348 e. The van der Waals surface area contributed by atoms with E-state index < -0.39 is 5.97 Å². The minimum absolute atomic E-state index is 0.139. The third-order valence-electron chi connectivity index (χ3n) is 4.21. The lowest BCUT2D eigenvalue weighted by molar-refractivity contribution is 0.0531. The number of benzene rings is 1. The summed E-state index contributed by atoms with van der Waals surface area (Å²) in [6, 6.07) is 7.86. The van der Waals surface area contributed by atoms with Gasteiger partial charge in [0, 0.05) is 6.54 Å². The lowest BCUT2D eigenvalue weighted by atomic mass is 10.2. The zero-order valence-corrected chi connectivity index (χ0v) is 16.5. The van der Waals surface area contributed by atoms with Crippen molar-refractivity contribution in [3.05, 3.63) is 57.0 Å². The van der Waals surface area contributed by atoms with Crippen molar-refractivity contribution in [2.45, 2.75) is 33.7 Å². The SMILES string of the molecule is CCOC(=O)c1sc2ncn(CCCOc3ccc(C)cc3)c(=O)c2c1C. The molecule has 0 aliphatic carbocycles. The van der Waals surface area contributed by atoms with E-state index in [1.165, 1.54) is 23.2 Å². The molecular weight excluding hydrogens is 364 g/mol. The highest BCUT2D eigenvalue weighted by molar-refractivity contribution is 7.20. The molecule has 0 aliphatic heterocycles. The Morgan fingerprint density at radius 2 is 1.96 bits per heavy atom. The number of hydrogen-bond acceptors (Lipinski definition) is 6. The summed E-state index contributed by atoms with van der Waals surface area (Å²) in [6.07, 6.45) is 2.20. The van der Waals surface area contributed by atoms with Gasteiger partial charge in [-0.2, -0.15) is 0 Å². The van der Waals surface area contributed by atoms with Crippen molar-refractivity contribution in [3.8, 4) is 5.75 Å². The van der Waals surface area contributed by atoms with Crippen LogP contribution in [0.15, 0.2) is 35.4 Å². The molecule has 0 N–H and O–H groups in total. The summed E-state index contributed by atoms with van der Waals surface area (Å²) in [6.45, 7) is 6.84. The van der Waals surface area contributed by atoms with E-state index in [-0.39, 0.29) is 5.56 Å². The number of carbonyl (C=O) groups is 1. The lowest BCUT2D eigenvalue weighted by Crippen LogP contribution is -2.21. The van der Waals surface area contributed by atoms with Gasteiger partial charge in [-0.05, 0) is 44.9 Å². The monoisotopic (exact) mass is 386 g/mol. The van der Waals surface area contributed by atoms with Crippen molar-refractivity contribution < 1.29 is 14.3 Å². The third kappa shape index (κ3) is 4.19. The van der Waals surface area contributed by atoms with Gasteiger partial charge >= 0.3 is 5.97 Å². The fourth-order valence-corrected chi connectivity index (χ4v) is 3.80. The predicted octanol–water partition coefficient (Wildman–Crippen LogP) is 3.72. The largest absolute Gasteiger partial charge is 0.494 e. The second-order valence-electron chi connectivity index (χ2n) is 6.21. The maximum absolute atomic E-state index is 12.8. The molecule has 6 nitrogen and oxygen atoms in total. The van der Waals surface area contributed by atoms with Crippen LogP contribution in [0.3, 0.4) is 0 Å². The van der Waals surface area contributed by atoms with Gasteiger partial charge in [-0.15, -0.1) is 11.3 Å². The van der Waals surface area contributed by atoms with Crippen molar-refractivity contribution in [3.63, 3.8) is 0 Å². The molecule has 0 atom stereocenters. The topological polar surface area (TPSA) is 70.4 Å². The van der Waals surface area contributed by atoms with Crippen LogP contribution in [0.5, 0.6) is 5.75 Å². The number of aryl methyl sites for hydroxylation is 3. The van der Waals surface area contributed by atoms with Crippen LogP contribution < -0.4 is 10.3 Å². The van der Waals surface area contributed by atoms with Crippen molar-refractivity contribution in [2.24, 2.45) is 0 Å². The van der Waals surface area contributed by atoms with Crippen LogP contribution in [0, 0.1) is 13.8 Å². The standard InChI is InChI=1S/C20H22N2O4S/c1-4-25-20(24)17-14(3)16-18(27-17)21-12-22(19(16)23)10-5-11-26-15-8-6-13(2)7-9-15/h6-9,12H,4-5,10-11H2,1-3H3. The summed E-state index contributed by atoms with van der Waals surface area (Å²) in [7, 11) is 0. The zero-order valence-electron chi connectivity index (χ0n) is 15.7. The molecular formula is C20H22N2O4S. The highest BCUT2D eigenvalue weighted by Crippen LogP contribution is 2.27. The second-order valence-corrected chi connectivity index (χ2v) is 7.21. The van der Waals surface area contributed by atoms with Gasteiger partial charge < -0.3 is 9.47 Å². The summed E-state index contributed by atoms with van der Waals surface area (Å²) < 4.78 is 12.3. The number of carbonyl (C=O) groups excluding carboxylic acids is 1. The Morgan fingerprint density at radius 1 is 1.22 bits per heavy atom. The van der Waals surface area contributed by atoms with Crippen LogP contribution in [0.4, 0.5) is 0 Å². The van der Waals surface area contributed by atoms with Gasteiger partial charge in [0.1, 0.15) is 15.5 Å². The molecule has 0 amide bonds. The molecule has 0 aliphatic rings. The van der Waals surface area contributed by atoms with Gasteiger partial charge in [0.05, 0.1) is 24.9 Å². The number of nitrogens with zero attached hydrogens (tertiary/aromatic N) is 2. The molecule has 27 heavy (non-hydrogen) atoms. The Hall–Kier alpha value is -2.67. The Morgan fingerprint density at radius 3 is 2.67 bits per heavy atom. The predicted molar refractivity (Wildman–Crippen MR) is 106 cm³/mol. The minimum atomic E-state index is -0.407. The van der Waals surface area contributed by atoms with Gasteiger partial charge in [-0.25, -0.2) is 9.78 Å². The molecule has 0 saturated heterocycles. The molecule has 0 unspecified atom stereocenters. The van der Waals surface area contributed by atoms with E-state index in [2.05, 4.69) is 4.98 Å². The van der Waals surface area contributed by atoms with Crippen molar-refractivity contribution in [1.29, 1.82) is 0 Å².